The molecule has 0 saturated heterocycles. The maximum absolute atomic E-state index is 11.9. The van der Waals surface area contributed by atoms with E-state index in [1.807, 2.05) is 13.8 Å². The Morgan fingerprint density at radius 1 is 1.44 bits per heavy atom. The summed E-state index contributed by atoms with van der Waals surface area (Å²) in [5.74, 6) is -0.0788. The van der Waals surface area contributed by atoms with Crippen LogP contribution in [-0.4, -0.2) is 16.1 Å². The molecule has 5 heteroatoms. The van der Waals surface area contributed by atoms with Gasteiger partial charge in [0.1, 0.15) is 0 Å². The molecule has 1 aromatic carbocycles. The lowest BCUT2D eigenvalue weighted by Crippen LogP contribution is -2.15. The van der Waals surface area contributed by atoms with Gasteiger partial charge in [-0.25, -0.2) is 0 Å². The van der Waals surface area contributed by atoms with E-state index >= 15 is 0 Å². The molecule has 2 rings (SSSR count). The van der Waals surface area contributed by atoms with Crippen molar-refractivity contribution in [3.8, 4) is 0 Å². The Balaban J connectivity index is 2.06. The Morgan fingerprint density at radius 3 is 2.83 bits per heavy atom. The Bertz CT molecular complexity index is 558. The number of hydrogen-bond donors (Lipinski definition) is 2. The second-order valence-electron chi connectivity index (χ2n) is 4.15. The van der Waals surface area contributed by atoms with Gasteiger partial charge >= 0.3 is 0 Å². The normalized spacial score (nSPS) is 10.4. The van der Waals surface area contributed by atoms with Crippen molar-refractivity contribution >= 4 is 23.2 Å². The fraction of sp³-hybridized carbons (Fsp3) is 0.231. The van der Waals surface area contributed by atoms with Crippen LogP contribution in [0.4, 0.5) is 5.69 Å². The highest BCUT2D eigenvalue weighted by Crippen LogP contribution is 2.16. The van der Waals surface area contributed by atoms with Crippen molar-refractivity contribution in [2.75, 3.05) is 5.32 Å². The summed E-state index contributed by atoms with van der Waals surface area (Å²) in [7, 11) is 0. The van der Waals surface area contributed by atoms with Crippen LogP contribution in [0.1, 0.15) is 17.0 Å². The van der Waals surface area contributed by atoms with Gasteiger partial charge in [0.15, 0.2) is 0 Å². The van der Waals surface area contributed by atoms with Crippen molar-refractivity contribution in [3.05, 3.63) is 46.2 Å². The number of rotatable bonds is 3. The van der Waals surface area contributed by atoms with Gasteiger partial charge in [-0.3, -0.25) is 9.89 Å². The van der Waals surface area contributed by atoms with E-state index in [0.29, 0.717) is 17.1 Å². The van der Waals surface area contributed by atoms with Crippen LogP contribution in [0.25, 0.3) is 0 Å². The van der Waals surface area contributed by atoms with Crippen molar-refractivity contribution < 1.29 is 4.79 Å². The first-order valence-corrected chi connectivity index (χ1v) is 6.00. The number of H-pyrrole nitrogens is 1. The van der Waals surface area contributed by atoms with E-state index in [9.17, 15) is 4.79 Å². The molecule has 0 radical (unpaired) electrons. The number of aromatic amines is 1. The number of aromatic nitrogens is 2. The molecule has 0 atom stereocenters. The fourth-order valence-electron chi connectivity index (χ4n) is 1.77. The van der Waals surface area contributed by atoms with E-state index in [4.69, 9.17) is 11.6 Å². The summed E-state index contributed by atoms with van der Waals surface area (Å²) in [4.78, 5) is 11.9. The van der Waals surface area contributed by atoms with Gasteiger partial charge in [-0.15, -0.1) is 0 Å². The summed E-state index contributed by atoms with van der Waals surface area (Å²) in [6, 6.07) is 7.08. The minimum atomic E-state index is -0.0788. The summed E-state index contributed by atoms with van der Waals surface area (Å²) in [6.07, 6.45) is 0.306. The molecule has 0 unspecified atom stereocenters. The fourth-order valence-corrected chi connectivity index (χ4v) is 1.96. The molecule has 1 aromatic heterocycles. The Morgan fingerprint density at radius 2 is 2.22 bits per heavy atom. The van der Waals surface area contributed by atoms with Gasteiger partial charge in [-0.05, 0) is 32.0 Å². The molecule has 1 amide bonds. The summed E-state index contributed by atoms with van der Waals surface area (Å²) >= 11 is 5.86. The number of carbonyl (C=O) groups is 1. The Labute approximate surface area is 110 Å². The molecule has 0 saturated carbocycles. The smallest absolute Gasteiger partial charge is 0.228 e. The summed E-state index contributed by atoms with van der Waals surface area (Å²) in [6.45, 7) is 3.79. The standard InChI is InChI=1S/C13H14ClN3O/c1-8-12(9(2)17-16-8)7-13(18)15-11-5-3-4-10(14)6-11/h3-6H,7H2,1-2H3,(H,15,18)(H,16,17). The number of aryl methyl sites for hydroxylation is 2. The molecule has 94 valence electrons. The lowest BCUT2D eigenvalue weighted by molar-refractivity contribution is -0.115. The van der Waals surface area contributed by atoms with Gasteiger partial charge in [-0.2, -0.15) is 5.10 Å². The molecule has 18 heavy (non-hydrogen) atoms. The zero-order chi connectivity index (χ0) is 13.1. The number of amides is 1. The first-order valence-electron chi connectivity index (χ1n) is 5.62. The largest absolute Gasteiger partial charge is 0.326 e. The highest BCUT2D eigenvalue weighted by atomic mass is 35.5. The van der Waals surface area contributed by atoms with Gasteiger partial charge in [0.2, 0.25) is 5.91 Å². The molecular weight excluding hydrogens is 250 g/mol. The van der Waals surface area contributed by atoms with Crippen molar-refractivity contribution in [1.82, 2.24) is 10.2 Å². The van der Waals surface area contributed by atoms with Crippen LogP contribution < -0.4 is 5.32 Å². The highest BCUT2D eigenvalue weighted by molar-refractivity contribution is 6.30. The number of nitrogens with one attached hydrogen (secondary N) is 2. The second kappa shape index (κ2) is 5.23. The quantitative estimate of drug-likeness (QED) is 0.895. The van der Waals surface area contributed by atoms with Gasteiger partial charge < -0.3 is 5.32 Å². The lowest BCUT2D eigenvalue weighted by atomic mass is 10.1. The lowest BCUT2D eigenvalue weighted by Gasteiger charge is -2.05. The number of benzene rings is 1. The minimum Gasteiger partial charge on any atom is -0.326 e. The van der Waals surface area contributed by atoms with Gasteiger partial charge in [0, 0.05) is 22.0 Å². The van der Waals surface area contributed by atoms with E-state index in [2.05, 4.69) is 15.5 Å². The number of carbonyl (C=O) groups excluding carboxylic acids is 1. The Kier molecular flexibility index (Phi) is 3.67. The molecule has 2 N–H and O–H groups in total. The van der Waals surface area contributed by atoms with Crippen molar-refractivity contribution in [2.24, 2.45) is 0 Å². The van der Waals surface area contributed by atoms with E-state index in [1.54, 1.807) is 24.3 Å². The summed E-state index contributed by atoms with van der Waals surface area (Å²) in [5, 5.41) is 10.3. The van der Waals surface area contributed by atoms with E-state index in [0.717, 1.165) is 17.0 Å². The average molecular weight is 264 g/mol. The summed E-state index contributed by atoms with van der Waals surface area (Å²) < 4.78 is 0. The number of anilines is 1. The van der Waals surface area contributed by atoms with Crippen molar-refractivity contribution in [3.63, 3.8) is 0 Å². The maximum Gasteiger partial charge on any atom is 0.228 e. The maximum atomic E-state index is 11.9. The molecule has 0 bridgehead atoms. The molecule has 0 aliphatic heterocycles. The number of nitrogens with zero attached hydrogens (tertiary/aromatic N) is 1. The zero-order valence-corrected chi connectivity index (χ0v) is 11.0. The summed E-state index contributed by atoms with van der Waals surface area (Å²) in [5.41, 5.74) is 3.42. The molecule has 0 aliphatic carbocycles. The molecule has 2 aromatic rings. The van der Waals surface area contributed by atoms with Gasteiger partial charge in [0.25, 0.3) is 0 Å². The van der Waals surface area contributed by atoms with Crippen LogP contribution in [0.5, 0.6) is 0 Å². The zero-order valence-electron chi connectivity index (χ0n) is 10.2. The average Bonchev–Trinajstić information content (AvgIpc) is 2.61. The molecular formula is C13H14ClN3O. The van der Waals surface area contributed by atoms with Crippen LogP contribution in [-0.2, 0) is 11.2 Å². The third kappa shape index (κ3) is 2.90. The van der Waals surface area contributed by atoms with Crippen molar-refractivity contribution in [2.45, 2.75) is 20.3 Å². The molecule has 0 fully saturated rings. The molecule has 1 heterocycles. The van der Waals surface area contributed by atoms with E-state index in [-0.39, 0.29) is 5.91 Å². The highest BCUT2D eigenvalue weighted by Gasteiger charge is 2.11. The second-order valence-corrected chi connectivity index (χ2v) is 4.58. The first kappa shape index (κ1) is 12.6. The van der Waals surface area contributed by atoms with E-state index in [1.165, 1.54) is 0 Å². The SMILES string of the molecule is Cc1n[nH]c(C)c1CC(=O)Nc1cccc(Cl)c1. The predicted molar refractivity (Wildman–Crippen MR) is 71.8 cm³/mol. The van der Waals surface area contributed by atoms with E-state index < -0.39 is 0 Å². The predicted octanol–water partition coefficient (Wildman–Crippen LogP) is 2.86. The number of hydrogen-bond acceptors (Lipinski definition) is 2. The molecule has 0 aliphatic rings. The molecule has 4 nitrogen and oxygen atoms in total. The third-order valence-electron chi connectivity index (χ3n) is 2.73. The topological polar surface area (TPSA) is 57.8 Å². The van der Waals surface area contributed by atoms with Gasteiger partial charge in [-0.1, -0.05) is 17.7 Å². The third-order valence-corrected chi connectivity index (χ3v) is 2.96. The van der Waals surface area contributed by atoms with Crippen LogP contribution in [0, 0.1) is 13.8 Å². The van der Waals surface area contributed by atoms with Crippen molar-refractivity contribution in [1.29, 1.82) is 0 Å². The number of halogens is 1. The Hall–Kier alpha value is -1.81. The monoisotopic (exact) mass is 263 g/mol. The van der Waals surface area contributed by atoms with Gasteiger partial charge in [0.05, 0.1) is 12.1 Å². The van der Waals surface area contributed by atoms with Crippen LogP contribution in [0.15, 0.2) is 24.3 Å². The van der Waals surface area contributed by atoms with Crippen LogP contribution in [0.3, 0.4) is 0 Å². The van der Waals surface area contributed by atoms with Crippen LogP contribution in [0.2, 0.25) is 5.02 Å². The molecule has 0 spiro atoms. The van der Waals surface area contributed by atoms with Crippen LogP contribution >= 0.6 is 11.6 Å². The first-order chi connectivity index (χ1) is 8.56. The minimum absolute atomic E-state index is 0.0788.